The maximum atomic E-state index is 12.6. The number of morpholine rings is 1. The van der Waals surface area contributed by atoms with Gasteiger partial charge in [0.1, 0.15) is 5.82 Å². The standard InChI is InChI=1S/C20H32N6O2/c1-17-3-6-25(7-4-17)19(27)16-23-8-10-26(11-9-23)20-21-5-2-18(22-20)24-12-14-28-15-13-24/h2,5,17H,3-4,6-16H2,1H3. The monoisotopic (exact) mass is 388 g/mol. The van der Waals surface area contributed by atoms with Gasteiger partial charge in [0.25, 0.3) is 0 Å². The Hall–Kier alpha value is -1.93. The highest BCUT2D eigenvalue weighted by Crippen LogP contribution is 2.19. The Labute approximate surface area is 167 Å². The lowest BCUT2D eigenvalue weighted by Crippen LogP contribution is -2.51. The van der Waals surface area contributed by atoms with Crippen molar-refractivity contribution in [1.82, 2.24) is 19.8 Å². The average molecular weight is 389 g/mol. The van der Waals surface area contributed by atoms with Gasteiger partial charge in [0.2, 0.25) is 11.9 Å². The van der Waals surface area contributed by atoms with Gasteiger partial charge in [-0.3, -0.25) is 9.69 Å². The van der Waals surface area contributed by atoms with Gasteiger partial charge in [-0.15, -0.1) is 0 Å². The molecule has 0 bridgehead atoms. The van der Waals surface area contributed by atoms with Crippen LogP contribution in [0.1, 0.15) is 19.8 Å². The lowest BCUT2D eigenvalue weighted by atomic mass is 9.99. The minimum absolute atomic E-state index is 0.283. The number of rotatable bonds is 4. The molecule has 0 N–H and O–H groups in total. The molecular formula is C20H32N6O2. The van der Waals surface area contributed by atoms with E-state index in [9.17, 15) is 4.79 Å². The lowest BCUT2D eigenvalue weighted by molar-refractivity contribution is -0.133. The van der Waals surface area contributed by atoms with Gasteiger partial charge in [-0.1, -0.05) is 6.92 Å². The number of carbonyl (C=O) groups is 1. The molecule has 3 aliphatic heterocycles. The van der Waals surface area contributed by atoms with Gasteiger partial charge in [0.05, 0.1) is 19.8 Å². The van der Waals surface area contributed by atoms with E-state index in [1.165, 1.54) is 0 Å². The van der Waals surface area contributed by atoms with E-state index in [1.54, 1.807) is 0 Å². The molecule has 0 saturated carbocycles. The second-order valence-corrected chi connectivity index (χ2v) is 8.14. The van der Waals surface area contributed by atoms with E-state index in [1.807, 2.05) is 17.2 Å². The summed E-state index contributed by atoms with van der Waals surface area (Å²) >= 11 is 0. The molecule has 4 heterocycles. The molecule has 4 rings (SSSR count). The third-order valence-electron chi connectivity index (χ3n) is 6.11. The number of likely N-dealkylation sites (tertiary alicyclic amines) is 1. The highest BCUT2D eigenvalue weighted by molar-refractivity contribution is 5.78. The smallest absolute Gasteiger partial charge is 0.236 e. The zero-order chi connectivity index (χ0) is 19.3. The number of aromatic nitrogens is 2. The van der Waals surface area contributed by atoms with Gasteiger partial charge < -0.3 is 19.4 Å². The summed E-state index contributed by atoms with van der Waals surface area (Å²) < 4.78 is 5.43. The topological polar surface area (TPSA) is 65.0 Å². The van der Waals surface area contributed by atoms with E-state index >= 15 is 0 Å². The van der Waals surface area contributed by atoms with Crippen LogP contribution in [-0.2, 0) is 9.53 Å². The summed E-state index contributed by atoms with van der Waals surface area (Å²) in [5.41, 5.74) is 0. The first-order valence-electron chi connectivity index (χ1n) is 10.6. The van der Waals surface area contributed by atoms with Crippen LogP contribution in [0.5, 0.6) is 0 Å². The minimum Gasteiger partial charge on any atom is -0.378 e. The summed E-state index contributed by atoms with van der Waals surface area (Å²) in [5.74, 6) is 2.80. The number of ether oxygens (including phenoxy) is 1. The summed E-state index contributed by atoms with van der Waals surface area (Å²) in [6, 6.07) is 1.98. The minimum atomic E-state index is 0.283. The number of anilines is 2. The molecule has 1 aromatic rings. The Morgan fingerprint density at radius 3 is 2.46 bits per heavy atom. The molecule has 3 aliphatic rings. The highest BCUT2D eigenvalue weighted by Gasteiger charge is 2.25. The van der Waals surface area contributed by atoms with E-state index < -0.39 is 0 Å². The summed E-state index contributed by atoms with van der Waals surface area (Å²) in [5, 5.41) is 0. The van der Waals surface area contributed by atoms with Crippen molar-refractivity contribution in [2.24, 2.45) is 5.92 Å². The van der Waals surface area contributed by atoms with Crippen molar-refractivity contribution in [2.45, 2.75) is 19.8 Å². The van der Waals surface area contributed by atoms with Crippen LogP contribution in [-0.4, -0.2) is 97.8 Å². The highest BCUT2D eigenvalue weighted by atomic mass is 16.5. The van der Waals surface area contributed by atoms with Gasteiger partial charge in [0, 0.05) is 58.6 Å². The maximum absolute atomic E-state index is 12.6. The molecule has 28 heavy (non-hydrogen) atoms. The molecule has 0 atom stereocenters. The van der Waals surface area contributed by atoms with E-state index in [0.29, 0.717) is 6.54 Å². The molecule has 8 nitrogen and oxygen atoms in total. The average Bonchev–Trinajstić information content (AvgIpc) is 2.75. The maximum Gasteiger partial charge on any atom is 0.236 e. The van der Waals surface area contributed by atoms with E-state index in [2.05, 4.69) is 26.6 Å². The van der Waals surface area contributed by atoms with E-state index in [0.717, 1.165) is 96.1 Å². The van der Waals surface area contributed by atoms with Crippen LogP contribution in [0.15, 0.2) is 12.3 Å². The van der Waals surface area contributed by atoms with Crippen LogP contribution in [0.3, 0.4) is 0 Å². The van der Waals surface area contributed by atoms with Crippen LogP contribution in [0.25, 0.3) is 0 Å². The first kappa shape index (κ1) is 19.4. The predicted molar refractivity (Wildman–Crippen MR) is 109 cm³/mol. The van der Waals surface area contributed by atoms with Crippen LogP contribution >= 0.6 is 0 Å². The number of carbonyl (C=O) groups excluding carboxylic acids is 1. The molecule has 0 spiro atoms. The molecular weight excluding hydrogens is 356 g/mol. The van der Waals surface area contributed by atoms with Crippen LogP contribution in [0.4, 0.5) is 11.8 Å². The fraction of sp³-hybridized carbons (Fsp3) is 0.750. The number of hydrogen-bond acceptors (Lipinski definition) is 7. The number of piperidine rings is 1. The third kappa shape index (κ3) is 4.72. The largest absolute Gasteiger partial charge is 0.378 e. The van der Waals surface area contributed by atoms with Crippen molar-refractivity contribution in [3.05, 3.63) is 12.3 Å². The molecule has 0 radical (unpaired) electrons. The van der Waals surface area contributed by atoms with Gasteiger partial charge in [-0.25, -0.2) is 4.98 Å². The summed E-state index contributed by atoms with van der Waals surface area (Å²) in [4.78, 5) is 30.6. The number of hydrogen-bond donors (Lipinski definition) is 0. The third-order valence-corrected chi connectivity index (χ3v) is 6.11. The molecule has 0 aromatic carbocycles. The van der Waals surface area contributed by atoms with Crippen molar-refractivity contribution in [1.29, 1.82) is 0 Å². The van der Waals surface area contributed by atoms with Crippen molar-refractivity contribution >= 4 is 17.7 Å². The molecule has 3 saturated heterocycles. The second-order valence-electron chi connectivity index (χ2n) is 8.14. The Bertz CT molecular complexity index is 650. The van der Waals surface area contributed by atoms with Crippen molar-refractivity contribution in [3.8, 4) is 0 Å². The molecule has 0 aliphatic carbocycles. The molecule has 154 valence electrons. The molecule has 8 heteroatoms. The lowest BCUT2D eigenvalue weighted by Gasteiger charge is -2.37. The van der Waals surface area contributed by atoms with E-state index in [-0.39, 0.29) is 5.91 Å². The van der Waals surface area contributed by atoms with E-state index in [4.69, 9.17) is 9.72 Å². The number of nitrogens with zero attached hydrogens (tertiary/aromatic N) is 6. The molecule has 1 aromatic heterocycles. The van der Waals surface area contributed by atoms with Crippen LogP contribution < -0.4 is 9.80 Å². The number of amides is 1. The zero-order valence-electron chi connectivity index (χ0n) is 16.9. The first-order valence-corrected chi connectivity index (χ1v) is 10.6. The van der Waals surface area contributed by atoms with Crippen molar-refractivity contribution < 1.29 is 9.53 Å². The Morgan fingerprint density at radius 1 is 1.04 bits per heavy atom. The second kappa shape index (κ2) is 9.05. The van der Waals surface area contributed by atoms with Gasteiger partial charge in [-0.2, -0.15) is 4.98 Å². The fourth-order valence-corrected chi connectivity index (χ4v) is 4.12. The van der Waals surface area contributed by atoms with Gasteiger partial charge in [-0.05, 0) is 24.8 Å². The van der Waals surface area contributed by atoms with Crippen LogP contribution in [0, 0.1) is 5.92 Å². The van der Waals surface area contributed by atoms with Crippen LogP contribution in [0.2, 0.25) is 0 Å². The fourth-order valence-electron chi connectivity index (χ4n) is 4.12. The summed E-state index contributed by atoms with van der Waals surface area (Å²) in [6.45, 7) is 11.4. The number of piperazine rings is 1. The van der Waals surface area contributed by atoms with Crippen molar-refractivity contribution in [2.75, 3.05) is 81.9 Å². The molecule has 1 amide bonds. The first-order chi connectivity index (χ1) is 13.7. The predicted octanol–water partition coefficient (Wildman–Crippen LogP) is 0.694. The summed E-state index contributed by atoms with van der Waals surface area (Å²) in [6.07, 6.45) is 4.12. The van der Waals surface area contributed by atoms with Gasteiger partial charge >= 0.3 is 0 Å². The molecule has 0 unspecified atom stereocenters. The zero-order valence-corrected chi connectivity index (χ0v) is 16.9. The Kier molecular flexibility index (Phi) is 6.26. The molecule has 3 fully saturated rings. The summed E-state index contributed by atoms with van der Waals surface area (Å²) in [7, 11) is 0. The van der Waals surface area contributed by atoms with Gasteiger partial charge in [0.15, 0.2) is 0 Å². The normalized spacial score (nSPS) is 22.5. The van der Waals surface area contributed by atoms with Crippen molar-refractivity contribution in [3.63, 3.8) is 0 Å². The quantitative estimate of drug-likeness (QED) is 0.752. The Balaban J connectivity index is 1.27. The Morgan fingerprint density at radius 2 is 1.75 bits per heavy atom. The SMILES string of the molecule is CC1CCN(C(=O)CN2CCN(c3nccc(N4CCOCC4)n3)CC2)CC1.